The maximum atomic E-state index is 12.7. The van der Waals surface area contributed by atoms with Crippen LogP contribution in [0.3, 0.4) is 0 Å². The molecule has 0 fully saturated rings. The Bertz CT molecular complexity index is 1550. The van der Waals surface area contributed by atoms with Crippen molar-refractivity contribution in [2.75, 3.05) is 0 Å². The van der Waals surface area contributed by atoms with Gasteiger partial charge in [0, 0.05) is 41.0 Å². The molecule has 5 aromatic rings. The van der Waals surface area contributed by atoms with E-state index in [1.165, 1.54) is 0 Å². The number of aryl methyl sites for hydroxylation is 3. The zero-order valence-electron chi connectivity index (χ0n) is 18.4. The number of pyridine rings is 2. The number of imidazole rings is 1. The summed E-state index contributed by atoms with van der Waals surface area (Å²) in [6.07, 6.45) is 5.20. The SMILES string of the molecule is Cc1csc(-c2cc(=O)n(C)c3cnc([C@](N)(c4ccc(Cl)cc4)c4cncn4C)cc23)c1. The van der Waals surface area contributed by atoms with Crippen LogP contribution in [0.1, 0.15) is 22.5 Å². The van der Waals surface area contributed by atoms with Crippen LogP contribution in [0, 0.1) is 6.92 Å². The molecule has 0 aliphatic heterocycles. The second kappa shape index (κ2) is 7.95. The minimum atomic E-state index is -1.08. The number of nitrogens with zero attached hydrogens (tertiary/aromatic N) is 4. The molecule has 0 unspecified atom stereocenters. The van der Waals surface area contributed by atoms with Gasteiger partial charge in [-0.3, -0.25) is 9.78 Å². The lowest BCUT2D eigenvalue weighted by molar-refractivity contribution is 0.579. The van der Waals surface area contributed by atoms with E-state index in [0.29, 0.717) is 10.7 Å². The van der Waals surface area contributed by atoms with Gasteiger partial charge in [-0.2, -0.15) is 0 Å². The summed E-state index contributed by atoms with van der Waals surface area (Å²) in [7, 11) is 3.66. The molecule has 4 heterocycles. The molecule has 0 spiro atoms. The number of hydrogen-bond donors (Lipinski definition) is 1. The molecule has 166 valence electrons. The monoisotopic (exact) mass is 475 g/mol. The predicted octanol–water partition coefficient (Wildman–Crippen LogP) is 4.61. The van der Waals surface area contributed by atoms with E-state index >= 15 is 0 Å². The largest absolute Gasteiger partial charge is 0.335 e. The van der Waals surface area contributed by atoms with Crippen LogP contribution < -0.4 is 11.3 Å². The van der Waals surface area contributed by atoms with Gasteiger partial charge >= 0.3 is 0 Å². The number of aromatic nitrogens is 4. The summed E-state index contributed by atoms with van der Waals surface area (Å²) in [5, 5.41) is 3.62. The number of benzene rings is 1. The first-order valence-electron chi connectivity index (χ1n) is 10.4. The van der Waals surface area contributed by atoms with Gasteiger partial charge in [0.2, 0.25) is 0 Å². The maximum absolute atomic E-state index is 12.7. The van der Waals surface area contributed by atoms with Crippen molar-refractivity contribution in [1.82, 2.24) is 19.1 Å². The average molecular weight is 476 g/mol. The summed E-state index contributed by atoms with van der Waals surface area (Å²) >= 11 is 7.77. The van der Waals surface area contributed by atoms with E-state index in [4.69, 9.17) is 22.3 Å². The Hall–Kier alpha value is -3.26. The molecule has 5 rings (SSSR count). The highest BCUT2D eigenvalue weighted by molar-refractivity contribution is 7.13. The summed E-state index contributed by atoms with van der Waals surface area (Å²) in [6.45, 7) is 2.05. The minimum Gasteiger partial charge on any atom is -0.335 e. The number of hydrogen-bond acceptors (Lipinski definition) is 5. The molecule has 0 saturated heterocycles. The summed E-state index contributed by atoms with van der Waals surface area (Å²) in [6, 6.07) is 13.2. The fourth-order valence-corrected chi connectivity index (χ4v) is 5.27. The Morgan fingerprint density at radius 1 is 1.09 bits per heavy atom. The molecule has 0 bridgehead atoms. The first-order valence-corrected chi connectivity index (χ1v) is 11.6. The van der Waals surface area contributed by atoms with Crippen LogP contribution in [0.25, 0.3) is 21.3 Å². The van der Waals surface area contributed by atoms with Crippen LogP contribution in [0.15, 0.2) is 71.4 Å². The third-order valence-corrected chi connectivity index (χ3v) is 7.39. The number of thiophene rings is 1. The van der Waals surface area contributed by atoms with Crippen LogP contribution in [0.4, 0.5) is 0 Å². The van der Waals surface area contributed by atoms with E-state index in [0.717, 1.165) is 38.2 Å². The molecule has 33 heavy (non-hydrogen) atoms. The van der Waals surface area contributed by atoms with Crippen LogP contribution in [0.2, 0.25) is 5.02 Å². The Balaban J connectivity index is 1.83. The molecule has 1 aromatic carbocycles. The Labute approximate surface area is 199 Å². The number of nitrogens with two attached hydrogens (primary N) is 1. The zero-order chi connectivity index (χ0) is 23.3. The third kappa shape index (κ3) is 3.49. The fourth-order valence-electron chi connectivity index (χ4n) is 4.22. The second-order valence-corrected chi connectivity index (χ2v) is 9.58. The van der Waals surface area contributed by atoms with Crippen LogP contribution >= 0.6 is 22.9 Å². The summed E-state index contributed by atoms with van der Waals surface area (Å²) in [5.41, 5.74) is 11.1. The number of rotatable bonds is 4. The van der Waals surface area contributed by atoms with E-state index in [9.17, 15) is 4.79 Å². The zero-order valence-corrected chi connectivity index (χ0v) is 20.0. The normalized spacial score (nSPS) is 13.4. The van der Waals surface area contributed by atoms with E-state index < -0.39 is 5.54 Å². The van der Waals surface area contributed by atoms with Crippen molar-refractivity contribution in [3.63, 3.8) is 0 Å². The highest BCUT2D eigenvalue weighted by atomic mass is 35.5. The van der Waals surface area contributed by atoms with Crippen molar-refractivity contribution in [2.45, 2.75) is 12.5 Å². The van der Waals surface area contributed by atoms with Gasteiger partial charge < -0.3 is 14.9 Å². The topological polar surface area (TPSA) is 78.7 Å². The molecule has 8 heteroatoms. The molecule has 0 aliphatic carbocycles. The standard InChI is InChI=1S/C25H22ClN5OS/c1-15-8-21(33-13-15)19-10-24(32)31(3)20-11-29-22(9-18(19)20)25(27,23-12-28-14-30(23)2)16-4-6-17(26)7-5-16/h4-14H,27H2,1-3H3/t25-/m1/s1. The molecule has 0 aliphatic rings. The van der Waals surface area contributed by atoms with E-state index in [-0.39, 0.29) is 5.56 Å². The first-order chi connectivity index (χ1) is 15.8. The van der Waals surface area contributed by atoms with E-state index in [2.05, 4.69) is 16.4 Å². The molecular formula is C25H22ClN5OS. The van der Waals surface area contributed by atoms with Crippen molar-refractivity contribution in [3.8, 4) is 10.4 Å². The molecule has 2 N–H and O–H groups in total. The van der Waals surface area contributed by atoms with Crippen LogP contribution in [-0.4, -0.2) is 19.1 Å². The van der Waals surface area contributed by atoms with Crippen LogP contribution in [-0.2, 0) is 19.6 Å². The Morgan fingerprint density at radius 2 is 1.85 bits per heavy atom. The van der Waals surface area contributed by atoms with Gasteiger partial charge in [-0.05, 0) is 47.7 Å². The van der Waals surface area contributed by atoms with Crippen LogP contribution in [0.5, 0.6) is 0 Å². The maximum Gasteiger partial charge on any atom is 0.251 e. The Kier molecular flexibility index (Phi) is 5.20. The molecule has 0 amide bonds. The first kappa shape index (κ1) is 21.6. The third-order valence-electron chi connectivity index (χ3n) is 6.05. The minimum absolute atomic E-state index is 0.0820. The van der Waals surface area contributed by atoms with Gasteiger partial charge in [0.1, 0.15) is 5.54 Å². The van der Waals surface area contributed by atoms with Gasteiger partial charge in [-0.25, -0.2) is 4.98 Å². The van der Waals surface area contributed by atoms with Crippen molar-refractivity contribution in [2.24, 2.45) is 19.8 Å². The number of fused-ring (bicyclic) bond motifs is 1. The van der Waals surface area contributed by atoms with Crippen molar-refractivity contribution < 1.29 is 0 Å². The van der Waals surface area contributed by atoms with E-state index in [1.54, 1.807) is 47.7 Å². The summed E-state index contributed by atoms with van der Waals surface area (Å²) < 4.78 is 3.51. The molecule has 4 aromatic heterocycles. The second-order valence-electron chi connectivity index (χ2n) is 8.23. The highest BCUT2D eigenvalue weighted by Crippen LogP contribution is 2.37. The van der Waals surface area contributed by atoms with Crippen molar-refractivity contribution in [3.05, 3.63) is 104 Å². The number of halogens is 1. The molecular weight excluding hydrogens is 454 g/mol. The lowest BCUT2D eigenvalue weighted by Crippen LogP contribution is -2.41. The van der Waals surface area contributed by atoms with Crippen molar-refractivity contribution in [1.29, 1.82) is 0 Å². The van der Waals surface area contributed by atoms with Gasteiger partial charge in [0.15, 0.2) is 0 Å². The molecule has 0 radical (unpaired) electrons. The lowest BCUT2D eigenvalue weighted by atomic mass is 9.83. The molecule has 1 atom stereocenters. The van der Waals surface area contributed by atoms with Gasteiger partial charge in [-0.1, -0.05) is 23.7 Å². The average Bonchev–Trinajstić information content (AvgIpc) is 3.44. The van der Waals surface area contributed by atoms with E-state index in [1.807, 2.05) is 48.9 Å². The molecule has 6 nitrogen and oxygen atoms in total. The smallest absolute Gasteiger partial charge is 0.251 e. The van der Waals surface area contributed by atoms with Gasteiger partial charge in [0.05, 0.1) is 35.6 Å². The fraction of sp³-hybridized carbons (Fsp3) is 0.160. The summed E-state index contributed by atoms with van der Waals surface area (Å²) in [5.74, 6) is 0. The van der Waals surface area contributed by atoms with Crippen molar-refractivity contribution >= 4 is 33.8 Å². The predicted molar refractivity (Wildman–Crippen MR) is 134 cm³/mol. The molecule has 0 saturated carbocycles. The van der Waals surface area contributed by atoms with Gasteiger partial charge in [0.25, 0.3) is 5.56 Å². The Morgan fingerprint density at radius 3 is 2.48 bits per heavy atom. The lowest BCUT2D eigenvalue weighted by Gasteiger charge is -2.30. The quantitative estimate of drug-likeness (QED) is 0.411. The summed E-state index contributed by atoms with van der Waals surface area (Å²) in [4.78, 5) is 22.8. The highest BCUT2D eigenvalue weighted by Gasteiger charge is 2.36. The van der Waals surface area contributed by atoms with Gasteiger partial charge in [-0.15, -0.1) is 11.3 Å².